The van der Waals surface area contributed by atoms with Crippen LogP contribution in [0.15, 0.2) is 61.9 Å². The van der Waals surface area contributed by atoms with Gasteiger partial charge in [-0.1, -0.05) is 23.7 Å². The Kier molecular flexibility index (Phi) is 6.38. The Bertz CT molecular complexity index is 1030. The average Bonchev–Trinajstić information content (AvgIpc) is 3.13. The number of benzene rings is 2. The number of nitrogens with one attached hydrogen (secondary N) is 1. The standard InChI is InChI=1S/C18H11Br2ClN2O5/c19-12-7-10(23(25)26)8-13(20)17(12)22-18(24)16-6-5-11(28-16)9-27-15-4-2-1-3-14(15)21/h1-8H,9H2,(H,22,24). The first-order chi connectivity index (χ1) is 13.3. The molecule has 0 bridgehead atoms. The normalized spacial score (nSPS) is 10.5. The highest BCUT2D eigenvalue weighted by Gasteiger charge is 2.18. The van der Waals surface area contributed by atoms with Crippen LogP contribution in [0.1, 0.15) is 16.3 Å². The van der Waals surface area contributed by atoms with E-state index in [4.69, 9.17) is 20.8 Å². The van der Waals surface area contributed by atoms with Crippen LogP contribution in [0.3, 0.4) is 0 Å². The third-order valence-corrected chi connectivity index (χ3v) is 5.13. The number of non-ortho nitro benzene ring substituents is 1. The van der Waals surface area contributed by atoms with Crippen LogP contribution in [0.5, 0.6) is 5.75 Å². The molecule has 0 aliphatic rings. The van der Waals surface area contributed by atoms with Crippen LogP contribution in [0.25, 0.3) is 0 Å². The van der Waals surface area contributed by atoms with E-state index in [-0.39, 0.29) is 18.1 Å². The number of carbonyl (C=O) groups excluding carboxylic acids is 1. The molecular formula is C18H11Br2ClN2O5. The van der Waals surface area contributed by atoms with Crippen LogP contribution in [-0.2, 0) is 6.61 Å². The Morgan fingerprint density at radius 1 is 1.18 bits per heavy atom. The number of furan rings is 1. The second kappa shape index (κ2) is 8.76. The molecule has 144 valence electrons. The number of nitrogens with zero attached hydrogens (tertiary/aromatic N) is 1. The van der Waals surface area contributed by atoms with Gasteiger partial charge in [-0.25, -0.2) is 0 Å². The van der Waals surface area contributed by atoms with E-state index in [0.29, 0.717) is 31.2 Å². The van der Waals surface area contributed by atoms with Gasteiger partial charge in [0, 0.05) is 21.1 Å². The number of nitro groups is 1. The van der Waals surface area contributed by atoms with E-state index in [1.807, 2.05) is 0 Å². The molecule has 10 heteroatoms. The molecule has 3 rings (SSSR count). The van der Waals surface area contributed by atoms with E-state index in [9.17, 15) is 14.9 Å². The molecule has 1 heterocycles. The minimum atomic E-state index is -0.529. The Balaban J connectivity index is 1.69. The lowest BCUT2D eigenvalue weighted by Gasteiger charge is -2.08. The molecule has 0 unspecified atom stereocenters. The number of carbonyl (C=O) groups is 1. The van der Waals surface area contributed by atoms with E-state index in [0.717, 1.165) is 0 Å². The van der Waals surface area contributed by atoms with E-state index < -0.39 is 10.8 Å². The molecule has 1 N–H and O–H groups in total. The maximum atomic E-state index is 12.4. The zero-order valence-corrected chi connectivity index (χ0v) is 17.9. The Labute approximate surface area is 181 Å². The van der Waals surface area contributed by atoms with Crippen molar-refractivity contribution in [2.75, 3.05) is 5.32 Å². The molecule has 1 amide bonds. The second-order valence-electron chi connectivity index (χ2n) is 5.48. The third-order valence-electron chi connectivity index (χ3n) is 3.57. The Morgan fingerprint density at radius 3 is 2.50 bits per heavy atom. The first-order valence-corrected chi connectivity index (χ1v) is 9.72. The van der Waals surface area contributed by atoms with Crippen LogP contribution in [0.2, 0.25) is 5.02 Å². The summed E-state index contributed by atoms with van der Waals surface area (Å²) in [5.74, 6) is 0.492. The zero-order valence-electron chi connectivity index (χ0n) is 13.9. The number of nitro benzene ring substituents is 1. The molecule has 0 fully saturated rings. The summed E-state index contributed by atoms with van der Waals surface area (Å²) in [6, 6.07) is 12.7. The van der Waals surface area contributed by atoms with E-state index >= 15 is 0 Å². The van der Waals surface area contributed by atoms with Crippen LogP contribution in [0.4, 0.5) is 11.4 Å². The van der Waals surface area contributed by atoms with Crippen molar-refractivity contribution in [3.05, 3.63) is 84.1 Å². The van der Waals surface area contributed by atoms with Crippen molar-refractivity contribution in [2.45, 2.75) is 6.61 Å². The molecule has 7 nitrogen and oxygen atoms in total. The van der Waals surface area contributed by atoms with Crippen molar-refractivity contribution in [1.82, 2.24) is 0 Å². The van der Waals surface area contributed by atoms with Gasteiger partial charge in [0.2, 0.25) is 0 Å². The SMILES string of the molecule is O=C(Nc1c(Br)cc([N+](=O)[O-])cc1Br)c1ccc(COc2ccccc2Cl)o1. The lowest BCUT2D eigenvalue weighted by Crippen LogP contribution is -2.12. The fourth-order valence-corrected chi connectivity index (χ4v) is 3.80. The van der Waals surface area contributed by atoms with Crippen molar-refractivity contribution in [3.63, 3.8) is 0 Å². The van der Waals surface area contributed by atoms with Crippen LogP contribution in [0, 0.1) is 10.1 Å². The summed E-state index contributed by atoms with van der Waals surface area (Å²) in [7, 11) is 0. The first kappa shape index (κ1) is 20.4. The van der Waals surface area contributed by atoms with Gasteiger partial charge < -0.3 is 14.5 Å². The number of anilines is 1. The van der Waals surface area contributed by atoms with Gasteiger partial charge in [0.25, 0.3) is 11.6 Å². The van der Waals surface area contributed by atoms with Gasteiger partial charge in [-0.05, 0) is 56.1 Å². The monoisotopic (exact) mass is 528 g/mol. The maximum Gasteiger partial charge on any atom is 0.291 e. The number of amides is 1. The molecule has 0 aliphatic heterocycles. The lowest BCUT2D eigenvalue weighted by atomic mass is 10.2. The van der Waals surface area contributed by atoms with Crippen LogP contribution in [-0.4, -0.2) is 10.8 Å². The minimum absolute atomic E-state index is 0.0647. The van der Waals surface area contributed by atoms with Crippen LogP contribution < -0.4 is 10.1 Å². The smallest absolute Gasteiger partial charge is 0.291 e. The van der Waals surface area contributed by atoms with Gasteiger partial charge in [0.05, 0.1) is 15.6 Å². The quantitative estimate of drug-likeness (QED) is 0.303. The molecule has 0 spiro atoms. The number of halogens is 3. The molecule has 2 aromatic carbocycles. The summed E-state index contributed by atoms with van der Waals surface area (Å²) in [6.45, 7) is 0.0991. The minimum Gasteiger partial charge on any atom is -0.484 e. The second-order valence-corrected chi connectivity index (χ2v) is 7.60. The van der Waals surface area contributed by atoms with Crippen molar-refractivity contribution in [2.24, 2.45) is 0 Å². The molecule has 28 heavy (non-hydrogen) atoms. The highest BCUT2D eigenvalue weighted by Crippen LogP contribution is 2.35. The predicted octanol–water partition coefficient (Wildman–Crippen LogP) is 6.20. The topological polar surface area (TPSA) is 94.6 Å². The Hall–Kier alpha value is -2.36. The summed E-state index contributed by atoms with van der Waals surface area (Å²) in [4.78, 5) is 22.8. The first-order valence-electron chi connectivity index (χ1n) is 7.76. The fraction of sp³-hybridized carbons (Fsp3) is 0.0556. The molecule has 0 saturated heterocycles. The van der Waals surface area contributed by atoms with Crippen molar-refractivity contribution >= 4 is 60.7 Å². The van der Waals surface area contributed by atoms with Gasteiger partial charge in [-0.3, -0.25) is 14.9 Å². The highest BCUT2D eigenvalue weighted by molar-refractivity contribution is 9.11. The zero-order chi connectivity index (χ0) is 20.3. The molecule has 0 saturated carbocycles. The number of hydrogen-bond acceptors (Lipinski definition) is 5. The number of hydrogen-bond donors (Lipinski definition) is 1. The summed E-state index contributed by atoms with van der Waals surface area (Å²) < 4.78 is 11.8. The van der Waals surface area contributed by atoms with Crippen molar-refractivity contribution in [1.29, 1.82) is 0 Å². The summed E-state index contributed by atoms with van der Waals surface area (Å²) in [5.41, 5.74) is 0.231. The number of para-hydroxylation sites is 1. The fourth-order valence-electron chi connectivity index (χ4n) is 2.25. The summed E-state index contributed by atoms with van der Waals surface area (Å²) in [6.07, 6.45) is 0. The summed E-state index contributed by atoms with van der Waals surface area (Å²) >= 11 is 12.5. The van der Waals surface area contributed by atoms with E-state index in [1.54, 1.807) is 30.3 Å². The van der Waals surface area contributed by atoms with E-state index in [2.05, 4.69) is 37.2 Å². The van der Waals surface area contributed by atoms with Gasteiger partial charge in [-0.2, -0.15) is 0 Å². The third kappa shape index (κ3) is 4.73. The highest BCUT2D eigenvalue weighted by atomic mass is 79.9. The van der Waals surface area contributed by atoms with E-state index in [1.165, 1.54) is 18.2 Å². The largest absolute Gasteiger partial charge is 0.484 e. The number of ether oxygens (including phenoxy) is 1. The van der Waals surface area contributed by atoms with Crippen molar-refractivity contribution < 1.29 is 18.9 Å². The molecule has 0 radical (unpaired) electrons. The molecule has 1 aromatic heterocycles. The Morgan fingerprint density at radius 2 is 1.86 bits per heavy atom. The number of rotatable bonds is 6. The average molecular weight is 531 g/mol. The molecule has 0 atom stereocenters. The molecule has 0 aliphatic carbocycles. The van der Waals surface area contributed by atoms with Gasteiger partial charge in [0.1, 0.15) is 18.1 Å². The molecule has 3 aromatic rings. The van der Waals surface area contributed by atoms with Gasteiger partial charge >= 0.3 is 0 Å². The lowest BCUT2D eigenvalue weighted by molar-refractivity contribution is -0.385. The maximum absolute atomic E-state index is 12.4. The predicted molar refractivity (Wildman–Crippen MR) is 111 cm³/mol. The van der Waals surface area contributed by atoms with Gasteiger partial charge in [-0.15, -0.1) is 0 Å². The van der Waals surface area contributed by atoms with Crippen LogP contribution >= 0.6 is 43.5 Å². The molecular weight excluding hydrogens is 519 g/mol. The summed E-state index contributed by atoms with van der Waals surface area (Å²) in [5, 5.41) is 14.0. The van der Waals surface area contributed by atoms with Crippen molar-refractivity contribution in [3.8, 4) is 5.75 Å². The van der Waals surface area contributed by atoms with Gasteiger partial charge in [0.15, 0.2) is 5.76 Å².